The molecule has 5 heteroatoms. The average Bonchev–Trinajstić information content (AvgIpc) is 2.36. The topological polar surface area (TPSA) is 58.4 Å². The summed E-state index contributed by atoms with van der Waals surface area (Å²) in [4.78, 5) is 14.2. The highest BCUT2D eigenvalue weighted by molar-refractivity contribution is 7.80. The highest BCUT2D eigenvalue weighted by Crippen LogP contribution is 2.01. The van der Waals surface area contributed by atoms with Crippen LogP contribution in [-0.2, 0) is 11.3 Å². The Morgan fingerprint density at radius 1 is 1.42 bits per heavy atom. The molecule has 1 aromatic rings. The van der Waals surface area contributed by atoms with E-state index < -0.39 is 0 Å². The largest absolute Gasteiger partial charge is 0.393 e. The van der Waals surface area contributed by atoms with E-state index in [2.05, 4.69) is 5.32 Å². The van der Waals surface area contributed by atoms with Gasteiger partial charge in [0.1, 0.15) is 0 Å². The summed E-state index contributed by atoms with van der Waals surface area (Å²) < 4.78 is 0. The SMILES string of the molecule is CC(CC(N)=S)N(C)CC(=O)NCc1ccccc1. The van der Waals surface area contributed by atoms with Crippen molar-refractivity contribution in [1.29, 1.82) is 0 Å². The van der Waals surface area contributed by atoms with Gasteiger partial charge in [-0.05, 0) is 19.5 Å². The number of carbonyl (C=O) groups excluding carboxylic acids is 1. The molecule has 4 nitrogen and oxygen atoms in total. The molecule has 0 fully saturated rings. The van der Waals surface area contributed by atoms with Crippen molar-refractivity contribution in [2.24, 2.45) is 5.73 Å². The average molecular weight is 279 g/mol. The fourth-order valence-electron chi connectivity index (χ4n) is 1.68. The first-order valence-corrected chi connectivity index (χ1v) is 6.69. The van der Waals surface area contributed by atoms with Gasteiger partial charge in [-0.2, -0.15) is 0 Å². The van der Waals surface area contributed by atoms with Crippen LogP contribution in [-0.4, -0.2) is 35.4 Å². The first-order chi connectivity index (χ1) is 8.99. The second kappa shape index (κ2) is 7.86. The minimum Gasteiger partial charge on any atom is -0.393 e. The van der Waals surface area contributed by atoms with Gasteiger partial charge in [0, 0.05) is 19.0 Å². The third-order valence-electron chi connectivity index (χ3n) is 2.97. The zero-order valence-corrected chi connectivity index (χ0v) is 12.2. The highest BCUT2D eigenvalue weighted by atomic mass is 32.1. The third-order valence-corrected chi connectivity index (χ3v) is 3.14. The molecule has 0 aromatic heterocycles. The van der Waals surface area contributed by atoms with E-state index in [4.69, 9.17) is 18.0 Å². The van der Waals surface area contributed by atoms with Crippen LogP contribution in [0.15, 0.2) is 30.3 Å². The molecule has 1 atom stereocenters. The van der Waals surface area contributed by atoms with Gasteiger partial charge in [0.25, 0.3) is 0 Å². The van der Waals surface area contributed by atoms with Crippen molar-refractivity contribution in [3.63, 3.8) is 0 Å². The minimum absolute atomic E-state index is 0.00106. The van der Waals surface area contributed by atoms with Gasteiger partial charge in [0.15, 0.2) is 0 Å². The van der Waals surface area contributed by atoms with Crippen LogP contribution in [0.25, 0.3) is 0 Å². The van der Waals surface area contributed by atoms with Crippen LogP contribution in [0.5, 0.6) is 0 Å². The first-order valence-electron chi connectivity index (χ1n) is 6.28. The van der Waals surface area contributed by atoms with Crippen LogP contribution in [0.2, 0.25) is 0 Å². The van der Waals surface area contributed by atoms with Gasteiger partial charge in [0.2, 0.25) is 5.91 Å². The van der Waals surface area contributed by atoms with Crippen molar-refractivity contribution in [2.45, 2.75) is 25.9 Å². The Hall–Kier alpha value is -1.46. The number of benzene rings is 1. The summed E-state index contributed by atoms with van der Waals surface area (Å²) in [7, 11) is 1.89. The van der Waals surface area contributed by atoms with Crippen molar-refractivity contribution in [1.82, 2.24) is 10.2 Å². The Balaban J connectivity index is 2.32. The molecule has 0 aliphatic carbocycles. The molecule has 104 valence electrons. The molecular formula is C14H21N3OS. The van der Waals surface area contributed by atoms with Gasteiger partial charge < -0.3 is 11.1 Å². The Morgan fingerprint density at radius 3 is 2.63 bits per heavy atom. The summed E-state index contributed by atoms with van der Waals surface area (Å²) in [6.45, 7) is 2.90. The van der Waals surface area contributed by atoms with E-state index >= 15 is 0 Å². The molecule has 0 radical (unpaired) electrons. The van der Waals surface area contributed by atoms with Gasteiger partial charge >= 0.3 is 0 Å². The summed E-state index contributed by atoms with van der Waals surface area (Å²) >= 11 is 4.87. The predicted molar refractivity (Wildman–Crippen MR) is 81.8 cm³/mol. The lowest BCUT2D eigenvalue weighted by atomic mass is 10.2. The molecule has 1 aromatic carbocycles. The summed E-state index contributed by atoms with van der Waals surface area (Å²) in [6, 6.07) is 10.0. The molecule has 0 spiro atoms. The maximum atomic E-state index is 11.8. The molecule has 0 saturated heterocycles. The van der Waals surface area contributed by atoms with Crippen molar-refractivity contribution in [3.05, 3.63) is 35.9 Å². The Kier molecular flexibility index (Phi) is 6.45. The Labute approximate surface area is 120 Å². The van der Waals surface area contributed by atoms with Gasteiger partial charge in [-0.3, -0.25) is 9.69 Å². The van der Waals surface area contributed by atoms with Gasteiger partial charge in [-0.1, -0.05) is 42.5 Å². The van der Waals surface area contributed by atoms with Crippen LogP contribution in [0.3, 0.4) is 0 Å². The fourth-order valence-corrected chi connectivity index (χ4v) is 1.92. The second-order valence-corrected chi connectivity index (χ2v) is 5.22. The number of hydrogen-bond acceptors (Lipinski definition) is 3. The highest BCUT2D eigenvalue weighted by Gasteiger charge is 2.13. The molecule has 0 aliphatic heterocycles. The first kappa shape index (κ1) is 15.6. The monoisotopic (exact) mass is 279 g/mol. The van der Waals surface area contributed by atoms with Gasteiger partial charge in [-0.25, -0.2) is 0 Å². The van der Waals surface area contributed by atoms with Crippen molar-refractivity contribution in [2.75, 3.05) is 13.6 Å². The van der Waals surface area contributed by atoms with Crippen LogP contribution in [0, 0.1) is 0 Å². The smallest absolute Gasteiger partial charge is 0.234 e. The maximum absolute atomic E-state index is 11.8. The number of nitrogens with two attached hydrogens (primary N) is 1. The summed E-state index contributed by atoms with van der Waals surface area (Å²) in [6.07, 6.45) is 0.623. The Morgan fingerprint density at radius 2 is 2.05 bits per heavy atom. The number of hydrogen-bond donors (Lipinski definition) is 2. The zero-order chi connectivity index (χ0) is 14.3. The van der Waals surface area contributed by atoms with Crippen molar-refractivity contribution in [3.8, 4) is 0 Å². The van der Waals surface area contributed by atoms with Crippen molar-refractivity contribution >= 4 is 23.1 Å². The van der Waals surface area contributed by atoms with E-state index in [9.17, 15) is 4.79 Å². The molecule has 0 saturated carbocycles. The quantitative estimate of drug-likeness (QED) is 0.739. The van der Waals surface area contributed by atoms with Gasteiger partial charge in [0.05, 0.1) is 11.5 Å². The van der Waals surface area contributed by atoms with Crippen LogP contribution >= 0.6 is 12.2 Å². The van der Waals surface area contributed by atoms with Crippen LogP contribution in [0.1, 0.15) is 18.9 Å². The fraction of sp³-hybridized carbons (Fsp3) is 0.429. The lowest BCUT2D eigenvalue weighted by Crippen LogP contribution is -2.40. The summed E-state index contributed by atoms with van der Waals surface area (Å²) in [5, 5.41) is 2.89. The van der Waals surface area contributed by atoms with E-state index in [1.165, 1.54) is 0 Å². The van der Waals surface area contributed by atoms with E-state index in [0.717, 1.165) is 5.56 Å². The lowest BCUT2D eigenvalue weighted by Gasteiger charge is -2.23. The number of rotatable bonds is 7. The number of carbonyl (C=O) groups is 1. The molecule has 1 unspecified atom stereocenters. The van der Waals surface area contributed by atoms with E-state index in [0.29, 0.717) is 24.5 Å². The number of likely N-dealkylation sites (N-methyl/N-ethyl adjacent to an activating group) is 1. The molecule has 0 aliphatic rings. The predicted octanol–water partition coefficient (Wildman–Crippen LogP) is 1.30. The zero-order valence-electron chi connectivity index (χ0n) is 11.4. The molecule has 3 N–H and O–H groups in total. The number of thiocarbonyl (C=S) groups is 1. The minimum atomic E-state index is 0.00106. The molecular weight excluding hydrogens is 258 g/mol. The van der Waals surface area contributed by atoms with Crippen LogP contribution in [0.4, 0.5) is 0 Å². The molecule has 0 bridgehead atoms. The summed E-state index contributed by atoms with van der Waals surface area (Å²) in [5.74, 6) is 0.00106. The molecule has 1 rings (SSSR count). The molecule has 19 heavy (non-hydrogen) atoms. The van der Waals surface area contributed by atoms with E-state index in [1.807, 2.05) is 49.2 Å². The standard InChI is InChI=1S/C14H21N3OS/c1-11(8-13(15)19)17(2)10-14(18)16-9-12-6-4-3-5-7-12/h3-7,11H,8-10H2,1-2H3,(H2,15,19)(H,16,18). The van der Waals surface area contributed by atoms with E-state index in [1.54, 1.807) is 0 Å². The van der Waals surface area contributed by atoms with Crippen LogP contribution < -0.4 is 11.1 Å². The lowest BCUT2D eigenvalue weighted by molar-refractivity contribution is -0.122. The summed E-state index contributed by atoms with van der Waals surface area (Å²) in [5.41, 5.74) is 6.59. The Bertz CT molecular complexity index is 422. The molecule has 0 heterocycles. The van der Waals surface area contributed by atoms with Crippen molar-refractivity contribution < 1.29 is 4.79 Å². The van der Waals surface area contributed by atoms with Gasteiger partial charge in [-0.15, -0.1) is 0 Å². The van der Waals surface area contributed by atoms with E-state index in [-0.39, 0.29) is 11.9 Å². The number of amides is 1. The third kappa shape index (κ3) is 6.31. The number of nitrogens with zero attached hydrogens (tertiary/aromatic N) is 1. The molecule has 1 amide bonds. The second-order valence-electron chi connectivity index (χ2n) is 4.70. The number of nitrogens with one attached hydrogen (secondary N) is 1. The maximum Gasteiger partial charge on any atom is 0.234 e. The normalized spacial score (nSPS) is 12.2.